The minimum atomic E-state index is -1.10. The summed E-state index contributed by atoms with van der Waals surface area (Å²) in [5.74, 6) is -0.468. The van der Waals surface area contributed by atoms with Gasteiger partial charge in [-0.15, -0.1) is 0 Å². The van der Waals surface area contributed by atoms with Crippen molar-refractivity contribution in [1.82, 2.24) is 0 Å². The molecule has 0 bridgehead atoms. The fraction of sp³-hybridized carbons (Fsp3) is 0.556. The molecule has 2 atom stereocenters. The first-order valence-corrected chi connectivity index (χ1v) is 3.79. The number of hydrogen-bond donors (Lipinski definition) is 0. The van der Waals surface area contributed by atoms with Crippen molar-refractivity contribution in [2.24, 2.45) is 5.92 Å². The topological polar surface area (TPSA) is 0 Å². The highest BCUT2D eigenvalue weighted by atomic mass is 19.1. The third-order valence-electron chi connectivity index (χ3n) is 1.98. The predicted molar refractivity (Wildman–Crippen MR) is 41.9 cm³/mol. The lowest BCUT2D eigenvalue weighted by Gasteiger charge is -2.14. The molecule has 0 aromatic heterocycles. The zero-order valence-electron chi connectivity index (χ0n) is 6.56. The normalized spacial score (nSPS) is 31.4. The Kier molecular flexibility index (Phi) is 2.80. The molecule has 1 aliphatic carbocycles. The second-order valence-electron chi connectivity index (χ2n) is 2.89. The van der Waals surface area contributed by atoms with Gasteiger partial charge in [0, 0.05) is 5.92 Å². The molecular weight excluding hydrogens is 146 g/mol. The van der Waals surface area contributed by atoms with Gasteiger partial charge in [0.25, 0.3) is 0 Å². The summed E-state index contributed by atoms with van der Waals surface area (Å²) in [5.41, 5.74) is 0.626. The second kappa shape index (κ2) is 3.65. The summed E-state index contributed by atoms with van der Waals surface area (Å²) >= 11 is 0. The van der Waals surface area contributed by atoms with Crippen LogP contribution in [-0.2, 0) is 0 Å². The van der Waals surface area contributed by atoms with E-state index in [-0.39, 0.29) is 0 Å². The van der Waals surface area contributed by atoms with Crippen LogP contribution in [0.3, 0.4) is 0 Å². The zero-order valence-corrected chi connectivity index (χ0v) is 6.56. The molecule has 0 aromatic rings. The lowest BCUT2D eigenvalue weighted by atomic mass is 9.98. The van der Waals surface area contributed by atoms with Gasteiger partial charge >= 0.3 is 0 Å². The average Bonchev–Trinajstić information content (AvgIpc) is 2.16. The number of halogens is 2. The monoisotopic (exact) mass is 158 g/mol. The van der Waals surface area contributed by atoms with Crippen LogP contribution in [0.1, 0.15) is 13.3 Å². The molecule has 0 amide bonds. The summed E-state index contributed by atoms with van der Waals surface area (Å²) in [5, 5.41) is 0. The maximum Gasteiger partial charge on any atom is 0.127 e. The van der Waals surface area contributed by atoms with Crippen molar-refractivity contribution in [2.45, 2.75) is 19.5 Å². The van der Waals surface area contributed by atoms with Crippen molar-refractivity contribution in [1.29, 1.82) is 0 Å². The van der Waals surface area contributed by atoms with Gasteiger partial charge < -0.3 is 0 Å². The first-order valence-electron chi connectivity index (χ1n) is 3.79. The number of rotatable bonds is 1. The van der Waals surface area contributed by atoms with Gasteiger partial charge in [-0.05, 0) is 18.9 Å². The molecule has 2 heteroatoms. The van der Waals surface area contributed by atoms with Crippen LogP contribution in [-0.4, -0.2) is 12.8 Å². The van der Waals surface area contributed by atoms with Crippen molar-refractivity contribution in [3.05, 3.63) is 23.8 Å². The van der Waals surface area contributed by atoms with Gasteiger partial charge in [0.05, 0.1) is 6.67 Å². The van der Waals surface area contributed by atoms with Crippen molar-refractivity contribution in [3.63, 3.8) is 0 Å². The molecule has 62 valence electrons. The summed E-state index contributed by atoms with van der Waals surface area (Å²) in [6.45, 7) is 1.12. The molecule has 11 heavy (non-hydrogen) atoms. The van der Waals surface area contributed by atoms with Crippen LogP contribution < -0.4 is 0 Å². The second-order valence-corrected chi connectivity index (χ2v) is 2.89. The van der Waals surface area contributed by atoms with E-state index in [0.29, 0.717) is 12.0 Å². The van der Waals surface area contributed by atoms with E-state index in [1.54, 1.807) is 19.1 Å². The molecule has 0 saturated heterocycles. The minimum absolute atomic E-state index is 0.468. The van der Waals surface area contributed by atoms with E-state index in [9.17, 15) is 8.78 Å². The van der Waals surface area contributed by atoms with E-state index in [0.717, 1.165) is 0 Å². The Hall–Kier alpha value is -0.660. The summed E-state index contributed by atoms with van der Waals surface area (Å²) < 4.78 is 25.3. The highest BCUT2D eigenvalue weighted by Crippen LogP contribution is 2.23. The maximum atomic E-state index is 13.2. The van der Waals surface area contributed by atoms with Gasteiger partial charge in [-0.1, -0.05) is 18.2 Å². The van der Waals surface area contributed by atoms with Crippen LogP contribution in [0.15, 0.2) is 23.8 Å². The lowest BCUT2D eigenvalue weighted by molar-refractivity contribution is 0.223. The van der Waals surface area contributed by atoms with Gasteiger partial charge in [0.15, 0.2) is 0 Å². The van der Waals surface area contributed by atoms with Gasteiger partial charge in [-0.25, -0.2) is 4.39 Å². The first-order chi connectivity index (χ1) is 5.25. The van der Waals surface area contributed by atoms with Crippen LogP contribution in [0.4, 0.5) is 8.78 Å². The Morgan fingerprint density at radius 2 is 2.36 bits per heavy atom. The largest absolute Gasteiger partial charge is 0.251 e. The van der Waals surface area contributed by atoms with E-state index in [1.165, 1.54) is 0 Å². The van der Waals surface area contributed by atoms with Crippen molar-refractivity contribution in [2.75, 3.05) is 6.67 Å². The van der Waals surface area contributed by atoms with E-state index in [4.69, 9.17) is 0 Å². The molecule has 0 nitrogen and oxygen atoms in total. The SMILES string of the molecule is CC1=CC=CC[C@@H](CF)C1F. The smallest absolute Gasteiger partial charge is 0.127 e. The van der Waals surface area contributed by atoms with Gasteiger partial charge in [-0.2, -0.15) is 0 Å². The molecule has 1 aliphatic rings. The highest BCUT2D eigenvalue weighted by Gasteiger charge is 2.22. The Labute approximate surface area is 65.6 Å². The summed E-state index contributed by atoms with van der Waals surface area (Å²) in [7, 11) is 0. The van der Waals surface area contributed by atoms with Gasteiger partial charge in [0.2, 0.25) is 0 Å². The van der Waals surface area contributed by atoms with Crippen molar-refractivity contribution < 1.29 is 8.78 Å². The molecule has 0 spiro atoms. The molecule has 0 N–H and O–H groups in total. The Morgan fingerprint density at radius 3 is 3.00 bits per heavy atom. The quantitative estimate of drug-likeness (QED) is 0.550. The van der Waals surface area contributed by atoms with Crippen LogP contribution >= 0.6 is 0 Å². The number of hydrogen-bond acceptors (Lipinski definition) is 0. The highest BCUT2D eigenvalue weighted by molar-refractivity contribution is 5.18. The third kappa shape index (κ3) is 1.88. The van der Waals surface area contributed by atoms with E-state index in [1.807, 2.05) is 6.08 Å². The number of allylic oxidation sites excluding steroid dienone is 4. The number of alkyl halides is 2. The third-order valence-corrected chi connectivity index (χ3v) is 1.98. The average molecular weight is 158 g/mol. The Bertz CT molecular complexity index is 182. The minimum Gasteiger partial charge on any atom is -0.251 e. The molecule has 1 unspecified atom stereocenters. The lowest BCUT2D eigenvalue weighted by Crippen LogP contribution is -2.17. The Balaban J connectivity index is 2.71. The van der Waals surface area contributed by atoms with Gasteiger partial charge in [-0.3, -0.25) is 4.39 Å². The predicted octanol–water partition coefficient (Wildman–Crippen LogP) is 2.82. The van der Waals surface area contributed by atoms with E-state index in [2.05, 4.69) is 0 Å². The molecule has 1 rings (SSSR count). The van der Waals surface area contributed by atoms with Crippen LogP contribution in [0.5, 0.6) is 0 Å². The first kappa shape index (κ1) is 8.44. The molecule has 0 aliphatic heterocycles. The molecular formula is C9H12F2. The van der Waals surface area contributed by atoms with Crippen LogP contribution in [0.25, 0.3) is 0 Å². The fourth-order valence-corrected chi connectivity index (χ4v) is 1.20. The summed E-state index contributed by atoms with van der Waals surface area (Å²) in [6.07, 6.45) is 4.71. The van der Waals surface area contributed by atoms with Crippen LogP contribution in [0.2, 0.25) is 0 Å². The molecule has 0 fully saturated rings. The molecule has 0 aromatic carbocycles. The standard InChI is InChI=1S/C9H12F2/c1-7-4-2-3-5-8(6-10)9(7)11/h2-4,8-9H,5-6H2,1H3/t8-,9?/m0/s1. The van der Waals surface area contributed by atoms with E-state index >= 15 is 0 Å². The summed E-state index contributed by atoms with van der Waals surface area (Å²) in [6, 6.07) is 0. The zero-order chi connectivity index (χ0) is 8.27. The van der Waals surface area contributed by atoms with Crippen molar-refractivity contribution in [3.8, 4) is 0 Å². The maximum absolute atomic E-state index is 13.2. The fourth-order valence-electron chi connectivity index (χ4n) is 1.20. The van der Waals surface area contributed by atoms with Crippen molar-refractivity contribution >= 4 is 0 Å². The molecule has 0 heterocycles. The molecule has 0 saturated carbocycles. The summed E-state index contributed by atoms with van der Waals surface area (Å²) in [4.78, 5) is 0. The van der Waals surface area contributed by atoms with Gasteiger partial charge in [0.1, 0.15) is 6.17 Å². The molecule has 0 radical (unpaired) electrons. The van der Waals surface area contributed by atoms with Crippen LogP contribution in [0, 0.1) is 5.92 Å². The van der Waals surface area contributed by atoms with E-state index < -0.39 is 18.8 Å². The Morgan fingerprint density at radius 1 is 1.64 bits per heavy atom.